The molecule has 0 aliphatic heterocycles. The molecular weight excluding hydrogens is 350 g/mol. The van der Waals surface area contributed by atoms with E-state index in [-0.39, 0.29) is 28.9 Å². The van der Waals surface area contributed by atoms with Gasteiger partial charge < -0.3 is 25.2 Å². The lowest BCUT2D eigenvalue weighted by Crippen LogP contribution is -2.44. The summed E-state index contributed by atoms with van der Waals surface area (Å²) in [5.74, 6) is -0.835. The van der Waals surface area contributed by atoms with Crippen LogP contribution >= 0.6 is 0 Å². The normalized spacial score (nSPS) is 37.0. The Hall–Kier alpha value is -2.09. The minimum Gasteiger partial charge on any atom is -0.548 e. The summed E-state index contributed by atoms with van der Waals surface area (Å²) in [7, 11) is 0. The van der Waals surface area contributed by atoms with Crippen LogP contribution in [-0.2, 0) is 9.63 Å². The first-order valence-corrected chi connectivity index (χ1v) is 9.30. The third-order valence-corrected chi connectivity index (χ3v) is 6.76. The number of phenolic OH excluding ortho intramolecular Hbond substituents is 1. The molecule has 4 N–H and O–H groups in total. The number of phenols is 1. The summed E-state index contributed by atoms with van der Waals surface area (Å²) >= 11 is 0. The van der Waals surface area contributed by atoms with Crippen LogP contribution in [0.4, 0.5) is 0 Å². The van der Waals surface area contributed by atoms with Crippen molar-refractivity contribution in [3.8, 4) is 5.75 Å². The van der Waals surface area contributed by atoms with Crippen LogP contribution in [0.2, 0.25) is 0 Å². The molecule has 0 unspecified atom stereocenters. The first-order chi connectivity index (χ1) is 12.8. The molecule has 0 radical (unpaired) electrons. The molecule has 1 aromatic rings. The van der Waals surface area contributed by atoms with Gasteiger partial charge in [0.05, 0.1) is 23.9 Å². The van der Waals surface area contributed by atoms with Crippen molar-refractivity contribution in [2.75, 3.05) is 6.61 Å². The zero-order chi connectivity index (χ0) is 19.3. The largest absolute Gasteiger partial charge is 0.548 e. The number of allylic oxidation sites excluding steroid dienone is 1. The predicted octanol–water partition coefficient (Wildman–Crippen LogP) is 0.259. The molecule has 0 aromatic heterocycles. The molecule has 146 valence electrons. The number of carboxylic acids is 1. The average molecular weight is 374 g/mol. The van der Waals surface area contributed by atoms with Crippen molar-refractivity contribution in [2.24, 2.45) is 17.3 Å². The third-order valence-electron chi connectivity index (χ3n) is 6.76. The van der Waals surface area contributed by atoms with Crippen molar-refractivity contribution in [3.05, 3.63) is 35.4 Å². The fourth-order valence-corrected chi connectivity index (χ4v) is 5.43. The number of hydroxylamine groups is 1. The highest BCUT2D eigenvalue weighted by atomic mass is 16.7. The molecule has 2 saturated carbocycles. The highest BCUT2D eigenvalue weighted by Crippen LogP contribution is 2.60. The lowest BCUT2D eigenvalue weighted by molar-refractivity contribution is -0.310. The van der Waals surface area contributed by atoms with Crippen molar-refractivity contribution in [3.63, 3.8) is 0 Å². The van der Waals surface area contributed by atoms with Gasteiger partial charge >= 0.3 is 0 Å². The lowest BCUT2D eigenvalue weighted by Gasteiger charge is -2.48. The maximum Gasteiger partial charge on any atom is 0.116 e. The highest BCUT2D eigenvalue weighted by Gasteiger charge is 2.57. The number of rotatable bonds is 4. The Kier molecular flexibility index (Phi) is 4.41. The van der Waals surface area contributed by atoms with Gasteiger partial charge in [0.15, 0.2) is 0 Å². The molecule has 7 heteroatoms. The van der Waals surface area contributed by atoms with E-state index in [1.807, 2.05) is 19.1 Å². The fraction of sp³-hybridized carbons (Fsp3) is 0.550. The molecule has 0 heterocycles. The second-order valence-electron chi connectivity index (χ2n) is 8.20. The van der Waals surface area contributed by atoms with Crippen molar-refractivity contribution in [1.82, 2.24) is 5.48 Å². The van der Waals surface area contributed by atoms with Crippen LogP contribution < -0.4 is 10.6 Å². The van der Waals surface area contributed by atoms with E-state index in [2.05, 4.69) is 5.48 Å². The van der Waals surface area contributed by atoms with E-state index in [1.54, 1.807) is 12.1 Å². The summed E-state index contributed by atoms with van der Waals surface area (Å²) < 4.78 is 0. The molecular formula is C20H24NO6-. The molecule has 0 bridgehead atoms. The van der Waals surface area contributed by atoms with E-state index in [0.717, 1.165) is 24.0 Å². The van der Waals surface area contributed by atoms with Gasteiger partial charge in [-0.15, -0.1) is 0 Å². The molecule has 2 fully saturated rings. The van der Waals surface area contributed by atoms with E-state index in [0.29, 0.717) is 12.1 Å². The minimum atomic E-state index is -1.33. The van der Waals surface area contributed by atoms with E-state index in [1.165, 1.54) is 0 Å². The van der Waals surface area contributed by atoms with Crippen molar-refractivity contribution >= 4 is 11.7 Å². The van der Waals surface area contributed by atoms with E-state index < -0.39 is 24.8 Å². The minimum absolute atomic E-state index is 0.0710. The van der Waals surface area contributed by atoms with Crippen LogP contribution in [-0.4, -0.2) is 40.1 Å². The van der Waals surface area contributed by atoms with Crippen LogP contribution in [0.25, 0.3) is 5.70 Å². The van der Waals surface area contributed by atoms with Gasteiger partial charge in [-0.2, -0.15) is 0 Å². The molecule has 0 spiro atoms. The van der Waals surface area contributed by atoms with Crippen molar-refractivity contribution in [2.45, 2.75) is 44.3 Å². The van der Waals surface area contributed by atoms with Crippen LogP contribution in [0.1, 0.15) is 43.2 Å². The summed E-state index contributed by atoms with van der Waals surface area (Å²) in [5.41, 5.74) is 4.75. The standard InChI is InChI=1S/C20H25NO6/c1-20-5-4-12-11-3-2-10(22)6-14(11)16(21-27-9-18(24)25)7-13(12)15(20)8-17(23)19(20)26/h2-3,6-7,12-13,15,17,19,21-23,26H,4-5,8-9H2,1H3,(H,24,25)/p-1/t12-,13+,15+,17-,19+,20-/m1/s1. The Labute approximate surface area is 157 Å². The first kappa shape index (κ1) is 18.3. The van der Waals surface area contributed by atoms with Gasteiger partial charge in [0.2, 0.25) is 0 Å². The second-order valence-corrected chi connectivity index (χ2v) is 8.20. The highest BCUT2D eigenvalue weighted by molar-refractivity contribution is 5.71. The van der Waals surface area contributed by atoms with Gasteiger partial charge in [-0.1, -0.05) is 19.1 Å². The number of hydrogen-bond acceptors (Lipinski definition) is 7. The molecule has 1 aromatic carbocycles. The summed E-state index contributed by atoms with van der Waals surface area (Å²) in [6.07, 6.45) is 2.71. The smallest absolute Gasteiger partial charge is 0.116 e. The summed E-state index contributed by atoms with van der Waals surface area (Å²) in [6.45, 7) is 1.44. The van der Waals surface area contributed by atoms with Gasteiger partial charge in [-0.05, 0) is 60.1 Å². The van der Waals surface area contributed by atoms with Crippen molar-refractivity contribution in [1.29, 1.82) is 0 Å². The maximum atomic E-state index is 10.6. The molecule has 4 rings (SSSR count). The van der Waals surface area contributed by atoms with Gasteiger partial charge in [0, 0.05) is 5.56 Å². The number of fused-ring (bicyclic) bond motifs is 5. The number of aliphatic hydroxyl groups excluding tert-OH is 2. The van der Waals surface area contributed by atoms with E-state index in [4.69, 9.17) is 4.84 Å². The molecule has 0 saturated heterocycles. The summed E-state index contributed by atoms with van der Waals surface area (Å²) in [4.78, 5) is 15.7. The predicted molar refractivity (Wildman–Crippen MR) is 93.9 cm³/mol. The molecule has 7 nitrogen and oxygen atoms in total. The Balaban J connectivity index is 1.72. The average Bonchev–Trinajstić information content (AvgIpc) is 2.85. The number of aliphatic carboxylic acids is 1. The first-order valence-electron chi connectivity index (χ1n) is 9.30. The Morgan fingerprint density at radius 2 is 2.19 bits per heavy atom. The monoisotopic (exact) mass is 374 g/mol. The molecule has 3 aliphatic carbocycles. The lowest BCUT2D eigenvalue weighted by atomic mass is 9.56. The van der Waals surface area contributed by atoms with E-state index >= 15 is 0 Å². The molecule has 0 amide bonds. The Bertz CT molecular complexity index is 793. The third kappa shape index (κ3) is 2.90. The molecule has 6 atom stereocenters. The number of aromatic hydroxyl groups is 1. The number of nitrogens with one attached hydrogen (secondary N) is 1. The SMILES string of the molecule is C[C@@]12CC[C@@H]3c4ccc(O)cc4C(NOCC(=O)[O-])=C[C@@H]3[C@@H]1C[C@@H](O)[C@@H]2O. The number of carbonyl (C=O) groups is 1. The number of aliphatic hydroxyl groups is 2. The number of carboxylic acid groups (broad SMARTS) is 1. The van der Waals surface area contributed by atoms with Crippen LogP contribution in [0.5, 0.6) is 5.75 Å². The van der Waals surface area contributed by atoms with Gasteiger partial charge in [0.25, 0.3) is 0 Å². The number of hydrogen-bond donors (Lipinski definition) is 4. The topological polar surface area (TPSA) is 122 Å². The Morgan fingerprint density at radius 3 is 2.93 bits per heavy atom. The zero-order valence-electron chi connectivity index (χ0n) is 15.1. The van der Waals surface area contributed by atoms with Crippen LogP contribution in [0, 0.1) is 17.3 Å². The van der Waals surface area contributed by atoms with Crippen LogP contribution in [0.15, 0.2) is 24.3 Å². The van der Waals surface area contributed by atoms with Crippen molar-refractivity contribution < 1.29 is 30.1 Å². The van der Waals surface area contributed by atoms with Gasteiger partial charge in [-0.25, -0.2) is 0 Å². The molecule has 3 aliphatic rings. The number of carbonyl (C=O) groups excluding carboxylic acids is 1. The number of benzene rings is 1. The maximum absolute atomic E-state index is 10.6. The fourth-order valence-electron chi connectivity index (χ4n) is 5.43. The second kappa shape index (κ2) is 6.51. The zero-order valence-corrected chi connectivity index (χ0v) is 15.1. The van der Waals surface area contributed by atoms with Gasteiger partial charge in [0.1, 0.15) is 12.4 Å². The molecule has 27 heavy (non-hydrogen) atoms. The van der Waals surface area contributed by atoms with E-state index in [9.17, 15) is 25.2 Å². The summed E-state index contributed by atoms with van der Waals surface area (Å²) in [6, 6.07) is 5.17. The van der Waals surface area contributed by atoms with Gasteiger partial charge in [-0.3, -0.25) is 10.3 Å². The quantitative estimate of drug-likeness (QED) is 0.558. The Morgan fingerprint density at radius 1 is 1.41 bits per heavy atom. The summed E-state index contributed by atoms with van der Waals surface area (Å²) in [5, 5.41) is 41.3. The van der Waals surface area contributed by atoms with Crippen LogP contribution in [0.3, 0.4) is 0 Å².